The van der Waals surface area contributed by atoms with Gasteiger partial charge in [0.2, 0.25) is 0 Å². The third-order valence-electron chi connectivity index (χ3n) is 3.98. The third kappa shape index (κ3) is 6.00. The number of pyridine rings is 1. The molecule has 0 fully saturated rings. The molecule has 2 aromatic carbocycles. The number of rotatable bonds is 8. The highest BCUT2D eigenvalue weighted by molar-refractivity contribution is 5.94. The standard InChI is InChI=1S/C23H21N3O4/c1-2-15-29-20-9-5-19(6-10-20)23(28)30-21-7-3-17(4-8-21)16-25-26-22(27)18-11-13-24-14-12-18/h3-14,16H,2,15H2,1H3,(H,26,27). The van der Waals surface area contributed by atoms with E-state index in [1.54, 1.807) is 60.7 Å². The van der Waals surface area contributed by atoms with Crippen LogP contribution in [0.25, 0.3) is 0 Å². The second-order valence-corrected chi connectivity index (χ2v) is 6.27. The topological polar surface area (TPSA) is 89.9 Å². The zero-order valence-electron chi connectivity index (χ0n) is 16.4. The average Bonchev–Trinajstić information content (AvgIpc) is 2.79. The van der Waals surface area contributed by atoms with Crippen molar-refractivity contribution >= 4 is 18.1 Å². The number of aromatic nitrogens is 1. The molecule has 0 atom stereocenters. The first-order chi connectivity index (χ1) is 14.7. The second-order valence-electron chi connectivity index (χ2n) is 6.27. The summed E-state index contributed by atoms with van der Waals surface area (Å²) in [4.78, 5) is 28.0. The Morgan fingerprint density at radius 1 is 0.933 bits per heavy atom. The number of nitrogens with one attached hydrogen (secondary N) is 1. The molecule has 0 spiro atoms. The fourth-order valence-electron chi connectivity index (χ4n) is 2.43. The zero-order valence-corrected chi connectivity index (χ0v) is 16.4. The first kappa shape index (κ1) is 20.7. The molecule has 30 heavy (non-hydrogen) atoms. The highest BCUT2D eigenvalue weighted by Gasteiger charge is 2.09. The molecule has 1 aromatic heterocycles. The molecule has 3 aromatic rings. The van der Waals surface area contributed by atoms with Crippen LogP contribution in [0.5, 0.6) is 11.5 Å². The van der Waals surface area contributed by atoms with Crippen LogP contribution < -0.4 is 14.9 Å². The molecular formula is C23H21N3O4. The first-order valence-corrected chi connectivity index (χ1v) is 9.44. The monoisotopic (exact) mass is 403 g/mol. The number of hydrazone groups is 1. The Morgan fingerprint density at radius 3 is 2.27 bits per heavy atom. The molecule has 1 N–H and O–H groups in total. The molecule has 1 amide bonds. The van der Waals surface area contributed by atoms with Crippen molar-refractivity contribution in [3.63, 3.8) is 0 Å². The number of esters is 1. The van der Waals surface area contributed by atoms with Crippen molar-refractivity contribution in [1.82, 2.24) is 10.4 Å². The van der Waals surface area contributed by atoms with Crippen LogP contribution in [-0.4, -0.2) is 29.7 Å². The van der Waals surface area contributed by atoms with Crippen molar-refractivity contribution in [1.29, 1.82) is 0 Å². The van der Waals surface area contributed by atoms with E-state index < -0.39 is 5.97 Å². The van der Waals surface area contributed by atoms with E-state index >= 15 is 0 Å². The lowest BCUT2D eigenvalue weighted by Gasteiger charge is -2.07. The Balaban J connectivity index is 1.52. The van der Waals surface area contributed by atoms with Gasteiger partial charge in [0.05, 0.1) is 18.4 Å². The lowest BCUT2D eigenvalue weighted by molar-refractivity contribution is 0.0734. The van der Waals surface area contributed by atoms with Gasteiger partial charge in [0.25, 0.3) is 5.91 Å². The molecule has 7 nitrogen and oxygen atoms in total. The summed E-state index contributed by atoms with van der Waals surface area (Å²) in [5.74, 6) is 0.339. The van der Waals surface area contributed by atoms with Crippen LogP contribution in [0, 0.1) is 0 Å². The molecule has 3 rings (SSSR count). The predicted molar refractivity (Wildman–Crippen MR) is 113 cm³/mol. The Hall–Kier alpha value is -4.00. The molecule has 152 valence electrons. The van der Waals surface area contributed by atoms with Crippen molar-refractivity contribution in [2.45, 2.75) is 13.3 Å². The van der Waals surface area contributed by atoms with Crippen LogP contribution in [0.3, 0.4) is 0 Å². The minimum atomic E-state index is -0.455. The van der Waals surface area contributed by atoms with Gasteiger partial charge in [-0.15, -0.1) is 0 Å². The minimum Gasteiger partial charge on any atom is -0.494 e. The van der Waals surface area contributed by atoms with Crippen LogP contribution in [-0.2, 0) is 0 Å². The molecule has 0 saturated carbocycles. The van der Waals surface area contributed by atoms with Crippen LogP contribution in [0.15, 0.2) is 78.2 Å². The number of carbonyl (C=O) groups excluding carboxylic acids is 2. The number of benzene rings is 2. The second kappa shape index (κ2) is 10.5. The van der Waals surface area contributed by atoms with Gasteiger partial charge in [-0.3, -0.25) is 9.78 Å². The molecule has 0 bridgehead atoms. The van der Waals surface area contributed by atoms with Gasteiger partial charge >= 0.3 is 5.97 Å². The van der Waals surface area contributed by atoms with E-state index in [1.807, 2.05) is 6.92 Å². The third-order valence-corrected chi connectivity index (χ3v) is 3.98. The summed E-state index contributed by atoms with van der Waals surface area (Å²) in [7, 11) is 0. The van der Waals surface area contributed by atoms with Crippen molar-refractivity contribution in [3.05, 3.63) is 89.7 Å². The van der Waals surface area contributed by atoms with Crippen molar-refractivity contribution in [2.75, 3.05) is 6.61 Å². The first-order valence-electron chi connectivity index (χ1n) is 9.44. The summed E-state index contributed by atoms with van der Waals surface area (Å²) >= 11 is 0. The number of ether oxygens (including phenoxy) is 2. The van der Waals surface area contributed by atoms with Crippen molar-refractivity contribution in [3.8, 4) is 11.5 Å². The quantitative estimate of drug-likeness (QED) is 0.267. The molecule has 0 aliphatic heterocycles. The van der Waals surface area contributed by atoms with E-state index in [9.17, 15) is 9.59 Å². The Morgan fingerprint density at radius 2 is 1.60 bits per heavy atom. The number of amides is 1. The van der Waals surface area contributed by atoms with Crippen molar-refractivity contribution < 1.29 is 19.1 Å². The molecule has 0 radical (unpaired) electrons. The van der Waals surface area contributed by atoms with E-state index in [0.717, 1.165) is 12.0 Å². The normalized spacial score (nSPS) is 10.6. The Labute approximate surface area is 174 Å². The van der Waals surface area contributed by atoms with E-state index in [1.165, 1.54) is 18.6 Å². The highest BCUT2D eigenvalue weighted by Crippen LogP contribution is 2.16. The average molecular weight is 403 g/mol. The number of hydrogen-bond acceptors (Lipinski definition) is 6. The maximum Gasteiger partial charge on any atom is 0.343 e. The maximum absolute atomic E-state index is 12.3. The number of nitrogens with zero attached hydrogens (tertiary/aromatic N) is 2. The summed E-state index contributed by atoms with van der Waals surface area (Å²) in [6, 6.07) is 16.8. The molecule has 0 aliphatic carbocycles. The van der Waals surface area contributed by atoms with Gasteiger partial charge < -0.3 is 9.47 Å². The van der Waals surface area contributed by atoms with E-state index in [-0.39, 0.29) is 5.91 Å². The summed E-state index contributed by atoms with van der Waals surface area (Å²) in [5, 5.41) is 3.92. The van der Waals surface area contributed by atoms with Gasteiger partial charge in [0.15, 0.2) is 0 Å². The smallest absolute Gasteiger partial charge is 0.343 e. The SMILES string of the molecule is CCCOc1ccc(C(=O)Oc2ccc(C=NNC(=O)c3ccncc3)cc2)cc1. The summed E-state index contributed by atoms with van der Waals surface area (Å²) < 4.78 is 10.9. The fourth-order valence-corrected chi connectivity index (χ4v) is 2.43. The maximum atomic E-state index is 12.3. The number of carbonyl (C=O) groups is 2. The number of hydrogen-bond donors (Lipinski definition) is 1. The molecule has 1 heterocycles. The highest BCUT2D eigenvalue weighted by atomic mass is 16.5. The van der Waals surface area contributed by atoms with E-state index in [0.29, 0.717) is 29.2 Å². The van der Waals surface area contributed by atoms with Gasteiger partial charge in [0.1, 0.15) is 11.5 Å². The Bertz CT molecular complexity index is 1000. The molecule has 0 unspecified atom stereocenters. The Kier molecular flexibility index (Phi) is 7.27. The summed E-state index contributed by atoms with van der Waals surface area (Å²) in [5.41, 5.74) is 4.08. The van der Waals surface area contributed by atoms with Gasteiger partial charge in [-0.25, -0.2) is 10.2 Å². The van der Waals surface area contributed by atoms with Crippen LogP contribution in [0.2, 0.25) is 0 Å². The van der Waals surface area contributed by atoms with Gasteiger partial charge in [-0.05, 0) is 72.6 Å². The van der Waals surface area contributed by atoms with Crippen LogP contribution >= 0.6 is 0 Å². The molecule has 7 heteroatoms. The fraction of sp³-hybridized carbons (Fsp3) is 0.130. The summed E-state index contributed by atoms with van der Waals surface area (Å²) in [6.45, 7) is 2.66. The molecule has 0 aliphatic rings. The zero-order chi connectivity index (χ0) is 21.2. The van der Waals surface area contributed by atoms with E-state index in [2.05, 4.69) is 15.5 Å². The molecule has 0 saturated heterocycles. The van der Waals surface area contributed by atoms with Gasteiger partial charge in [-0.1, -0.05) is 6.92 Å². The lowest BCUT2D eigenvalue weighted by Crippen LogP contribution is -2.17. The minimum absolute atomic E-state index is 0.328. The van der Waals surface area contributed by atoms with Crippen LogP contribution in [0.4, 0.5) is 0 Å². The predicted octanol–water partition coefficient (Wildman–Crippen LogP) is 3.85. The largest absolute Gasteiger partial charge is 0.494 e. The van der Waals surface area contributed by atoms with Crippen LogP contribution in [0.1, 0.15) is 39.6 Å². The van der Waals surface area contributed by atoms with Gasteiger partial charge in [-0.2, -0.15) is 5.10 Å². The van der Waals surface area contributed by atoms with E-state index in [4.69, 9.17) is 9.47 Å². The van der Waals surface area contributed by atoms with Gasteiger partial charge in [0, 0.05) is 18.0 Å². The van der Waals surface area contributed by atoms with Crippen molar-refractivity contribution in [2.24, 2.45) is 5.10 Å². The lowest BCUT2D eigenvalue weighted by atomic mass is 10.2. The molecular weight excluding hydrogens is 382 g/mol. The summed E-state index contributed by atoms with van der Waals surface area (Å²) in [6.07, 6.45) is 5.49.